The normalized spacial score (nSPS) is 12.2. The van der Waals surface area contributed by atoms with Crippen molar-refractivity contribution in [3.05, 3.63) is 40.2 Å². The molecule has 120 valence electrons. The van der Waals surface area contributed by atoms with Gasteiger partial charge in [0.2, 0.25) is 0 Å². The molecule has 0 radical (unpaired) electrons. The van der Waals surface area contributed by atoms with Gasteiger partial charge in [-0.3, -0.25) is 4.72 Å². The molecule has 0 aliphatic carbocycles. The summed E-state index contributed by atoms with van der Waals surface area (Å²) in [6, 6.07) is 8.53. The lowest BCUT2D eigenvalue weighted by Crippen LogP contribution is -2.15. The van der Waals surface area contributed by atoms with Crippen LogP contribution in [0.25, 0.3) is 0 Å². The van der Waals surface area contributed by atoms with Gasteiger partial charge in [0.25, 0.3) is 10.0 Å². The summed E-state index contributed by atoms with van der Waals surface area (Å²) >= 11 is 6.83. The van der Waals surface area contributed by atoms with E-state index in [9.17, 15) is 8.42 Å². The molecule has 0 atom stereocenters. The highest BCUT2D eigenvalue weighted by molar-refractivity contribution is 7.94. The first-order valence-corrected chi connectivity index (χ1v) is 9.28. The first-order valence-electron chi connectivity index (χ1n) is 6.60. The highest BCUT2D eigenvalue weighted by atomic mass is 35.5. The Bertz CT molecular complexity index is 776. The van der Waals surface area contributed by atoms with Crippen LogP contribution in [0.5, 0.6) is 5.75 Å². The molecular weight excluding hydrogens is 342 g/mol. The van der Waals surface area contributed by atoms with Gasteiger partial charge in [-0.1, -0.05) is 38.4 Å². The summed E-state index contributed by atoms with van der Waals surface area (Å²) in [6.45, 7) is 6.18. The zero-order chi connectivity index (χ0) is 16.5. The lowest BCUT2D eigenvalue weighted by atomic mass is 9.87. The Labute approximate surface area is 140 Å². The lowest BCUT2D eigenvalue weighted by molar-refractivity contribution is 0.416. The van der Waals surface area contributed by atoms with Gasteiger partial charge in [-0.2, -0.15) is 0 Å². The van der Waals surface area contributed by atoms with Gasteiger partial charge in [-0.15, -0.1) is 11.3 Å². The highest BCUT2D eigenvalue weighted by Gasteiger charge is 2.21. The van der Waals surface area contributed by atoms with Crippen LogP contribution in [0.4, 0.5) is 5.69 Å². The standard InChI is InChI=1S/C15H18ClNO3S2/c1-15(2,3)10-5-6-12(20-4)11(9-10)17-22(18,19)14-8-7-13(16)21-14/h5-9,17H,1-4H3. The third-order valence-electron chi connectivity index (χ3n) is 3.12. The van der Waals surface area contributed by atoms with Crippen molar-refractivity contribution in [3.63, 3.8) is 0 Å². The monoisotopic (exact) mass is 359 g/mol. The molecule has 2 aromatic rings. The van der Waals surface area contributed by atoms with Crippen LogP contribution in [0.3, 0.4) is 0 Å². The minimum atomic E-state index is -3.68. The third-order valence-corrected chi connectivity index (χ3v) is 6.21. The summed E-state index contributed by atoms with van der Waals surface area (Å²) in [5.74, 6) is 0.472. The second-order valence-electron chi connectivity index (χ2n) is 5.83. The zero-order valence-electron chi connectivity index (χ0n) is 12.8. The van der Waals surface area contributed by atoms with Crippen LogP contribution < -0.4 is 9.46 Å². The van der Waals surface area contributed by atoms with E-state index in [4.69, 9.17) is 16.3 Å². The molecule has 0 unspecified atom stereocenters. The Morgan fingerprint density at radius 1 is 1.18 bits per heavy atom. The average Bonchev–Trinajstić information content (AvgIpc) is 2.85. The number of hydrogen-bond donors (Lipinski definition) is 1. The third kappa shape index (κ3) is 3.74. The second-order valence-corrected chi connectivity index (χ2v) is 9.45. The minimum Gasteiger partial charge on any atom is -0.495 e. The van der Waals surface area contributed by atoms with E-state index in [-0.39, 0.29) is 9.62 Å². The van der Waals surface area contributed by atoms with Crippen LogP contribution >= 0.6 is 22.9 Å². The number of sulfonamides is 1. The van der Waals surface area contributed by atoms with Crippen molar-refractivity contribution in [2.24, 2.45) is 0 Å². The van der Waals surface area contributed by atoms with Crippen LogP contribution in [0.2, 0.25) is 4.34 Å². The van der Waals surface area contributed by atoms with Gasteiger partial charge in [0.15, 0.2) is 0 Å². The predicted octanol–water partition coefficient (Wildman–Crippen LogP) is 4.51. The molecule has 0 aliphatic rings. The number of thiophene rings is 1. The molecule has 0 aliphatic heterocycles. The maximum atomic E-state index is 12.4. The SMILES string of the molecule is COc1ccc(C(C)(C)C)cc1NS(=O)(=O)c1ccc(Cl)s1. The quantitative estimate of drug-likeness (QED) is 0.873. The average molecular weight is 360 g/mol. The van der Waals surface area contributed by atoms with E-state index in [1.165, 1.54) is 13.2 Å². The number of nitrogens with one attached hydrogen (secondary N) is 1. The number of hydrogen-bond acceptors (Lipinski definition) is 4. The number of anilines is 1. The Kier molecular flexibility index (Phi) is 4.75. The van der Waals surface area contributed by atoms with Gasteiger partial charge in [0.1, 0.15) is 9.96 Å². The first kappa shape index (κ1) is 17.1. The number of rotatable bonds is 4. The zero-order valence-corrected chi connectivity index (χ0v) is 15.2. The molecule has 1 N–H and O–H groups in total. The van der Waals surface area contributed by atoms with E-state index in [0.717, 1.165) is 16.9 Å². The fraction of sp³-hybridized carbons (Fsp3) is 0.333. The van der Waals surface area contributed by atoms with E-state index in [2.05, 4.69) is 25.5 Å². The molecule has 22 heavy (non-hydrogen) atoms. The minimum absolute atomic E-state index is 0.0985. The molecular formula is C15H18ClNO3S2. The van der Waals surface area contributed by atoms with Gasteiger partial charge in [0.05, 0.1) is 17.1 Å². The number of methoxy groups -OCH3 is 1. The van der Waals surface area contributed by atoms with Gasteiger partial charge < -0.3 is 4.74 Å². The summed E-state index contributed by atoms with van der Waals surface area (Å²) < 4.78 is 33.3. The molecule has 0 fully saturated rings. The van der Waals surface area contributed by atoms with Crippen molar-refractivity contribution < 1.29 is 13.2 Å². The molecule has 4 nitrogen and oxygen atoms in total. The molecule has 1 aromatic carbocycles. The molecule has 0 saturated heterocycles. The summed E-state index contributed by atoms with van der Waals surface area (Å²) in [6.07, 6.45) is 0. The van der Waals surface area contributed by atoms with Crippen molar-refractivity contribution in [1.82, 2.24) is 0 Å². The van der Waals surface area contributed by atoms with Crippen molar-refractivity contribution in [1.29, 1.82) is 0 Å². The van der Waals surface area contributed by atoms with Crippen LogP contribution in [-0.2, 0) is 15.4 Å². The summed E-state index contributed by atoms with van der Waals surface area (Å²) in [5, 5.41) is 0. The molecule has 0 saturated carbocycles. The fourth-order valence-corrected chi connectivity index (χ4v) is 4.44. The topological polar surface area (TPSA) is 55.4 Å². The van der Waals surface area contributed by atoms with E-state index in [1.807, 2.05) is 6.07 Å². The summed E-state index contributed by atoms with van der Waals surface area (Å²) in [7, 11) is -2.18. The summed E-state index contributed by atoms with van der Waals surface area (Å²) in [4.78, 5) is 0. The maximum absolute atomic E-state index is 12.4. The van der Waals surface area contributed by atoms with Crippen LogP contribution in [0.1, 0.15) is 26.3 Å². The number of ether oxygens (including phenoxy) is 1. The Morgan fingerprint density at radius 2 is 1.86 bits per heavy atom. The Balaban J connectivity index is 2.43. The highest BCUT2D eigenvalue weighted by Crippen LogP contribution is 2.34. The smallest absolute Gasteiger partial charge is 0.271 e. The molecule has 7 heteroatoms. The molecule has 1 aromatic heterocycles. The Morgan fingerprint density at radius 3 is 2.36 bits per heavy atom. The molecule has 0 amide bonds. The predicted molar refractivity (Wildman–Crippen MR) is 91.8 cm³/mol. The van der Waals surface area contributed by atoms with E-state index in [1.54, 1.807) is 18.2 Å². The van der Waals surface area contributed by atoms with E-state index < -0.39 is 10.0 Å². The molecule has 0 bridgehead atoms. The van der Waals surface area contributed by atoms with Crippen LogP contribution in [0.15, 0.2) is 34.5 Å². The fourth-order valence-electron chi connectivity index (χ4n) is 1.89. The van der Waals surface area contributed by atoms with Gasteiger partial charge in [-0.05, 0) is 35.2 Å². The Hall–Kier alpha value is -1.24. The van der Waals surface area contributed by atoms with Gasteiger partial charge in [0, 0.05) is 0 Å². The van der Waals surface area contributed by atoms with Crippen molar-refractivity contribution >= 4 is 38.6 Å². The maximum Gasteiger partial charge on any atom is 0.271 e. The number of benzene rings is 1. The number of halogens is 1. The second kappa shape index (κ2) is 6.10. The largest absolute Gasteiger partial charge is 0.495 e. The van der Waals surface area contributed by atoms with Crippen molar-refractivity contribution in [3.8, 4) is 5.75 Å². The van der Waals surface area contributed by atoms with Crippen molar-refractivity contribution in [2.75, 3.05) is 11.8 Å². The van der Waals surface area contributed by atoms with Gasteiger partial charge >= 0.3 is 0 Å². The molecule has 2 rings (SSSR count). The van der Waals surface area contributed by atoms with E-state index in [0.29, 0.717) is 15.8 Å². The van der Waals surface area contributed by atoms with Crippen LogP contribution in [-0.4, -0.2) is 15.5 Å². The molecule has 1 heterocycles. The van der Waals surface area contributed by atoms with Crippen LogP contribution in [0, 0.1) is 0 Å². The lowest BCUT2D eigenvalue weighted by Gasteiger charge is -2.21. The van der Waals surface area contributed by atoms with Gasteiger partial charge in [-0.25, -0.2) is 8.42 Å². The van der Waals surface area contributed by atoms with Crippen molar-refractivity contribution in [2.45, 2.75) is 30.4 Å². The van der Waals surface area contributed by atoms with E-state index >= 15 is 0 Å². The first-order chi connectivity index (χ1) is 10.1. The molecule has 0 spiro atoms. The summed E-state index contributed by atoms with van der Waals surface area (Å²) in [5.41, 5.74) is 1.33.